The molecule has 4 saturated carbocycles. The standard InChI is InChI=1S/C12H18O2/c13-7-11(14)12-4-8-1-9(5-12)3-10(2-8)6-12/h8-10,13H,1-7H2. The number of hydrogen-bond acceptors (Lipinski definition) is 2. The van der Waals surface area contributed by atoms with E-state index in [1.165, 1.54) is 19.3 Å². The minimum absolute atomic E-state index is 0.0799. The molecule has 78 valence electrons. The largest absolute Gasteiger partial charge is 0.389 e. The van der Waals surface area contributed by atoms with Crippen molar-refractivity contribution in [2.75, 3.05) is 6.61 Å². The van der Waals surface area contributed by atoms with E-state index in [0.29, 0.717) is 0 Å². The van der Waals surface area contributed by atoms with Gasteiger partial charge in [0, 0.05) is 5.41 Å². The molecule has 4 bridgehead atoms. The first-order valence-corrected chi connectivity index (χ1v) is 5.86. The molecule has 0 amide bonds. The Labute approximate surface area is 84.7 Å². The number of carbonyl (C=O) groups excluding carboxylic acids is 1. The van der Waals surface area contributed by atoms with Crippen LogP contribution in [0.2, 0.25) is 0 Å². The van der Waals surface area contributed by atoms with Crippen molar-refractivity contribution in [2.24, 2.45) is 23.2 Å². The summed E-state index contributed by atoms with van der Waals surface area (Å²) in [5.74, 6) is 2.54. The topological polar surface area (TPSA) is 37.3 Å². The van der Waals surface area contributed by atoms with Gasteiger partial charge in [-0.3, -0.25) is 4.79 Å². The maximum absolute atomic E-state index is 11.8. The van der Waals surface area contributed by atoms with E-state index in [-0.39, 0.29) is 17.8 Å². The molecule has 0 atom stereocenters. The molecule has 4 aliphatic carbocycles. The Kier molecular flexibility index (Phi) is 1.79. The Morgan fingerprint density at radius 1 is 1.07 bits per heavy atom. The molecule has 0 aromatic carbocycles. The van der Waals surface area contributed by atoms with Gasteiger partial charge in [0.15, 0.2) is 5.78 Å². The lowest BCUT2D eigenvalue weighted by Gasteiger charge is -2.55. The molecule has 4 aliphatic rings. The van der Waals surface area contributed by atoms with E-state index in [4.69, 9.17) is 5.11 Å². The molecule has 0 spiro atoms. The number of aliphatic hydroxyl groups excluding tert-OH is 1. The van der Waals surface area contributed by atoms with E-state index >= 15 is 0 Å². The van der Waals surface area contributed by atoms with E-state index in [2.05, 4.69) is 0 Å². The maximum Gasteiger partial charge on any atom is 0.164 e. The summed E-state index contributed by atoms with van der Waals surface area (Å²) in [6.45, 7) is -0.230. The second-order valence-corrected chi connectivity index (χ2v) is 5.78. The van der Waals surface area contributed by atoms with Gasteiger partial charge >= 0.3 is 0 Å². The molecule has 0 heterocycles. The van der Waals surface area contributed by atoms with Gasteiger partial charge in [-0.25, -0.2) is 0 Å². The van der Waals surface area contributed by atoms with Crippen LogP contribution >= 0.6 is 0 Å². The predicted molar refractivity (Wildman–Crippen MR) is 52.7 cm³/mol. The first-order chi connectivity index (χ1) is 6.72. The second-order valence-electron chi connectivity index (χ2n) is 5.78. The van der Waals surface area contributed by atoms with Crippen molar-refractivity contribution in [1.82, 2.24) is 0 Å². The predicted octanol–water partition coefficient (Wildman–Crippen LogP) is 1.76. The molecule has 4 rings (SSSR count). The average molecular weight is 194 g/mol. The summed E-state index contributed by atoms with van der Waals surface area (Å²) < 4.78 is 0. The third-order valence-corrected chi connectivity index (χ3v) is 4.77. The molecule has 2 heteroatoms. The molecule has 0 aromatic rings. The van der Waals surface area contributed by atoms with Gasteiger partial charge in [-0.05, 0) is 56.3 Å². The van der Waals surface area contributed by atoms with Crippen LogP contribution in [0.25, 0.3) is 0 Å². The molecular formula is C12H18O2. The fourth-order valence-electron chi connectivity index (χ4n) is 4.62. The van der Waals surface area contributed by atoms with E-state index in [9.17, 15) is 4.79 Å². The minimum Gasteiger partial charge on any atom is -0.389 e. The number of ketones is 1. The van der Waals surface area contributed by atoms with Crippen molar-refractivity contribution in [2.45, 2.75) is 38.5 Å². The van der Waals surface area contributed by atoms with Gasteiger partial charge in [0.1, 0.15) is 6.61 Å². The van der Waals surface area contributed by atoms with Gasteiger partial charge in [0.05, 0.1) is 0 Å². The molecule has 0 radical (unpaired) electrons. The Morgan fingerprint density at radius 2 is 1.50 bits per heavy atom. The zero-order chi connectivity index (χ0) is 9.76. The third kappa shape index (κ3) is 1.10. The van der Waals surface area contributed by atoms with Gasteiger partial charge in [0.25, 0.3) is 0 Å². The number of carbonyl (C=O) groups is 1. The molecule has 0 aliphatic heterocycles. The van der Waals surface area contributed by atoms with Crippen LogP contribution in [0.5, 0.6) is 0 Å². The van der Waals surface area contributed by atoms with Crippen LogP contribution in [0, 0.1) is 23.2 Å². The summed E-state index contributed by atoms with van der Waals surface area (Å²) in [7, 11) is 0. The molecule has 14 heavy (non-hydrogen) atoms. The molecule has 2 nitrogen and oxygen atoms in total. The molecule has 4 fully saturated rings. The van der Waals surface area contributed by atoms with E-state index in [0.717, 1.165) is 37.0 Å². The van der Waals surface area contributed by atoms with Crippen molar-refractivity contribution in [3.05, 3.63) is 0 Å². The second kappa shape index (κ2) is 2.82. The lowest BCUT2D eigenvalue weighted by molar-refractivity contribution is -0.146. The smallest absolute Gasteiger partial charge is 0.164 e. The quantitative estimate of drug-likeness (QED) is 0.727. The summed E-state index contributed by atoms with van der Waals surface area (Å²) in [5, 5.41) is 9.05. The van der Waals surface area contributed by atoms with Gasteiger partial charge in [-0.2, -0.15) is 0 Å². The SMILES string of the molecule is O=C(CO)C12CC3CC(CC(C3)C1)C2. The van der Waals surface area contributed by atoms with E-state index < -0.39 is 0 Å². The lowest BCUT2D eigenvalue weighted by atomic mass is 9.48. The van der Waals surface area contributed by atoms with Crippen LogP contribution in [0.4, 0.5) is 0 Å². The van der Waals surface area contributed by atoms with E-state index in [1.54, 1.807) is 0 Å². The summed E-state index contributed by atoms with van der Waals surface area (Å²) >= 11 is 0. The van der Waals surface area contributed by atoms with Gasteiger partial charge < -0.3 is 5.11 Å². The van der Waals surface area contributed by atoms with Crippen LogP contribution in [-0.4, -0.2) is 17.5 Å². The van der Waals surface area contributed by atoms with E-state index in [1.807, 2.05) is 0 Å². The van der Waals surface area contributed by atoms with Crippen LogP contribution in [0.3, 0.4) is 0 Å². The normalized spacial score (nSPS) is 49.6. The Bertz CT molecular complexity index is 234. The number of aliphatic hydroxyl groups is 1. The summed E-state index contributed by atoms with van der Waals surface area (Å²) in [6, 6.07) is 0. The summed E-state index contributed by atoms with van der Waals surface area (Å²) in [5.41, 5.74) is -0.0799. The zero-order valence-corrected chi connectivity index (χ0v) is 8.54. The van der Waals surface area contributed by atoms with Crippen LogP contribution in [0.1, 0.15) is 38.5 Å². The van der Waals surface area contributed by atoms with Crippen molar-refractivity contribution in [1.29, 1.82) is 0 Å². The van der Waals surface area contributed by atoms with Crippen LogP contribution < -0.4 is 0 Å². The van der Waals surface area contributed by atoms with Gasteiger partial charge in [0.2, 0.25) is 0 Å². The highest BCUT2D eigenvalue weighted by molar-refractivity contribution is 5.86. The number of Topliss-reactive ketones (excluding diaryl/α,β-unsaturated/α-hetero) is 1. The first kappa shape index (κ1) is 8.90. The fourth-order valence-corrected chi connectivity index (χ4v) is 4.62. The molecular weight excluding hydrogens is 176 g/mol. The third-order valence-electron chi connectivity index (χ3n) is 4.77. The van der Waals surface area contributed by atoms with Crippen molar-refractivity contribution in [3.8, 4) is 0 Å². The number of rotatable bonds is 2. The number of hydrogen-bond donors (Lipinski definition) is 1. The highest BCUT2D eigenvalue weighted by Crippen LogP contribution is 2.60. The fraction of sp³-hybridized carbons (Fsp3) is 0.917. The maximum atomic E-state index is 11.8. The zero-order valence-electron chi connectivity index (χ0n) is 8.54. The Morgan fingerprint density at radius 3 is 1.86 bits per heavy atom. The average Bonchev–Trinajstić information content (AvgIpc) is 2.14. The monoisotopic (exact) mass is 194 g/mol. The van der Waals surface area contributed by atoms with Crippen molar-refractivity contribution >= 4 is 5.78 Å². The molecule has 0 saturated heterocycles. The first-order valence-electron chi connectivity index (χ1n) is 5.86. The Balaban J connectivity index is 1.91. The molecule has 1 N–H and O–H groups in total. The minimum atomic E-state index is -0.230. The summed E-state index contributed by atoms with van der Waals surface area (Å²) in [6.07, 6.45) is 7.32. The Hall–Kier alpha value is -0.370. The van der Waals surface area contributed by atoms with Crippen LogP contribution in [0.15, 0.2) is 0 Å². The van der Waals surface area contributed by atoms with Crippen LogP contribution in [-0.2, 0) is 4.79 Å². The highest BCUT2D eigenvalue weighted by Gasteiger charge is 2.53. The molecule has 0 unspecified atom stereocenters. The van der Waals surface area contributed by atoms with Gasteiger partial charge in [-0.15, -0.1) is 0 Å². The van der Waals surface area contributed by atoms with Crippen molar-refractivity contribution < 1.29 is 9.90 Å². The summed E-state index contributed by atoms with van der Waals surface area (Å²) in [4.78, 5) is 11.8. The van der Waals surface area contributed by atoms with Crippen molar-refractivity contribution in [3.63, 3.8) is 0 Å². The van der Waals surface area contributed by atoms with Gasteiger partial charge in [-0.1, -0.05) is 0 Å². The highest BCUT2D eigenvalue weighted by atomic mass is 16.3. The molecule has 0 aromatic heterocycles. The lowest BCUT2D eigenvalue weighted by Crippen LogP contribution is -2.50.